The maximum absolute atomic E-state index is 9.20. The van der Waals surface area contributed by atoms with Crippen molar-refractivity contribution in [1.29, 1.82) is 0 Å². The Labute approximate surface area is 253 Å². The maximum atomic E-state index is 9.20. The minimum atomic E-state index is -5.67. The smallest absolute Gasteiger partial charge is 0.736 e. The predicted molar refractivity (Wildman–Crippen MR) is 154 cm³/mol. The van der Waals surface area contributed by atoms with E-state index in [2.05, 4.69) is 87.3 Å². The number of fused-ring (bicyclic) bond motifs is 18. The minimum Gasteiger partial charge on any atom is -0.736 e. The van der Waals surface area contributed by atoms with Gasteiger partial charge in [0.25, 0.3) is 0 Å². The van der Waals surface area contributed by atoms with E-state index in [1.165, 1.54) is 0 Å². The molecule has 0 aromatic rings. The summed E-state index contributed by atoms with van der Waals surface area (Å²) in [6.45, 7) is 31.3. The minimum absolute atomic E-state index is 0. The summed E-state index contributed by atoms with van der Waals surface area (Å²) < 4.78 is 55.2. The van der Waals surface area contributed by atoms with E-state index in [-0.39, 0.29) is 44.1 Å². The normalized spacial score (nSPS) is 30.9. The second-order valence-electron chi connectivity index (χ2n) is 14.6. The van der Waals surface area contributed by atoms with Crippen LogP contribution in [0.15, 0.2) is 0 Å². The molecule has 3 heterocycles. The van der Waals surface area contributed by atoms with Crippen molar-refractivity contribution < 1.29 is 43.0 Å². The van der Waals surface area contributed by atoms with Crippen LogP contribution >= 0.6 is 0 Å². The summed E-state index contributed by atoms with van der Waals surface area (Å²) in [6, 6.07) is 0. The molecular formula is C25H54CuN6O6S2. The molecule has 0 amide bonds. The molecule has 3 aliphatic rings. The fraction of sp³-hybridized carbons (Fsp3) is 1.00. The zero-order valence-corrected chi connectivity index (χ0v) is 28.1. The Bertz CT molecular complexity index is 832. The van der Waals surface area contributed by atoms with Crippen LogP contribution in [0.3, 0.4) is 0 Å². The molecule has 15 heteroatoms. The van der Waals surface area contributed by atoms with Gasteiger partial charge in [-0.2, -0.15) is 0 Å². The molecule has 3 aliphatic heterocycles. The summed E-state index contributed by atoms with van der Waals surface area (Å²) >= 11 is 0. The van der Waals surface area contributed by atoms with Crippen molar-refractivity contribution in [3.8, 4) is 0 Å². The monoisotopic (exact) mass is 661 g/mol. The van der Waals surface area contributed by atoms with Crippen molar-refractivity contribution in [2.75, 3.05) is 78.5 Å². The van der Waals surface area contributed by atoms with Crippen LogP contribution in [0, 0.1) is 27.1 Å². The van der Waals surface area contributed by atoms with E-state index >= 15 is 0 Å². The second-order valence-corrected chi connectivity index (χ2v) is 18.6. The van der Waals surface area contributed by atoms with Gasteiger partial charge in [0.1, 0.15) is 0 Å². The molecule has 0 aliphatic carbocycles. The summed E-state index contributed by atoms with van der Waals surface area (Å²) in [5, 5.41) is 22.9. The Morgan fingerprint density at radius 3 is 0.675 bits per heavy atom. The van der Waals surface area contributed by atoms with Crippen LogP contribution in [0.2, 0.25) is 0 Å². The Kier molecular flexibility index (Phi) is 15.8. The van der Waals surface area contributed by atoms with E-state index in [1.54, 1.807) is 0 Å². The van der Waals surface area contributed by atoms with Crippen LogP contribution in [0.25, 0.3) is 0 Å². The fourth-order valence-electron chi connectivity index (χ4n) is 4.78. The first-order valence-electron chi connectivity index (χ1n) is 13.7. The second kappa shape index (κ2) is 15.7. The van der Waals surface area contributed by atoms with Crippen LogP contribution in [0.4, 0.5) is 0 Å². The first kappa shape index (κ1) is 40.1. The fourth-order valence-corrected chi connectivity index (χ4v) is 4.78. The van der Waals surface area contributed by atoms with Gasteiger partial charge in [0, 0.05) is 89.4 Å². The van der Waals surface area contributed by atoms with Gasteiger partial charge in [0.2, 0.25) is 0 Å². The van der Waals surface area contributed by atoms with Gasteiger partial charge in [-0.3, -0.25) is 0 Å². The molecule has 0 saturated carbocycles. The average molecular weight is 662 g/mol. The molecule has 243 valence electrons. The Hall–Kier alpha value is 0.0995. The van der Waals surface area contributed by atoms with Crippen LogP contribution in [-0.4, -0.2) is 104 Å². The Balaban J connectivity index is 0.00000147. The van der Waals surface area contributed by atoms with Crippen molar-refractivity contribution in [2.45, 2.75) is 55.4 Å². The third-order valence-electron chi connectivity index (χ3n) is 7.18. The zero-order chi connectivity index (χ0) is 30.2. The topological polar surface area (TPSA) is 187 Å². The van der Waals surface area contributed by atoms with Crippen LogP contribution in [-0.2, 0) is 35.4 Å². The molecule has 12 nitrogen and oxygen atoms in total. The molecule has 0 unspecified atom stereocenters. The van der Waals surface area contributed by atoms with Gasteiger partial charge in [-0.1, -0.05) is 55.4 Å². The molecule has 40 heavy (non-hydrogen) atoms. The summed E-state index contributed by atoms with van der Waals surface area (Å²) in [5.74, 6) is 0. The van der Waals surface area contributed by atoms with E-state index in [4.69, 9.17) is 0 Å². The first-order valence-corrected chi connectivity index (χ1v) is 17.0. The molecule has 0 aromatic carbocycles. The van der Waals surface area contributed by atoms with Gasteiger partial charge < -0.3 is 41.0 Å². The van der Waals surface area contributed by atoms with Crippen LogP contribution in [0.5, 0.6) is 0 Å². The van der Waals surface area contributed by atoms with Crippen LogP contribution < -0.4 is 31.9 Å². The van der Waals surface area contributed by atoms with Gasteiger partial charge in [-0.25, -0.2) is 16.8 Å². The number of nitrogens with one attached hydrogen (secondary N) is 6. The molecule has 3 saturated heterocycles. The maximum Gasteiger partial charge on any atom is 2.00 e. The summed E-state index contributed by atoms with van der Waals surface area (Å²) in [7, 11) is -11.3. The number of hydrogen-bond acceptors (Lipinski definition) is 12. The SMILES string of the molecule is CC1(C)CNCC2(C)CNCC(C)(C)CNCC(C)(CNC1)CNCC(C)(C)CNC2.O=S(=O)([O-])S(=O)(=O)[O-].[Cu+2]. The molecule has 3 rings (SSSR count). The molecule has 0 spiro atoms. The summed E-state index contributed by atoms with van der Waals surface area (Å²) in [4.78, 5) is 0. The number of rotatable bonds is 1. The van der Waals surface area contributed by atoms with Crippen molar-refractivity contribution in [3.05, 3.63) is 0 Å². The van der Waals surface area contributed by atoms with E-state index in [9.17, 15) is 25.9 Å². The summed E-state index contributed by atoms with van der Waals surface area (Å²) in [6.07, 6.45) is 0. The molecule has 6 N–H and O–H groups in total. The van der Waals surface area contributed by atoms with Gasteiger partial charge in [-0.05, 0) is 16.2 Å². The van der Waals surface area contributed by atoms with E-state index in [0.717, 1.165) is 78.5 Å². The first-order chi connectivity index (χ1) is 17.5. The Morgan fingerprint density at radius 2 is 0.550 bits per heavy atom. The standard InChI is InChI=1S/C25H54N6.Cu.H2O6S2/c1-21(2)9-26-15-24(7)17-28-11-22(3,4)12-29-18-25(8,16-27-10-21)20-31-14-23(5,6)13-30-19-24;;1-7(2,3)8(4,5)6/h26-31H,9-20H2,1-8H3;;(H,1,2,3)(H,4,5,6)/q;+2;/p-2. The quantitative estimate of drug-likeness (QED) is 0.122. The Morgan fingerprint density at radius 1 is 0.400 bits per heavy atom. The molecule has 2 bridgehead atoms. The molecule has 3 fully saturated rings. The van der Waals surface area contributed by atoms with Crippen molar-refractivity contribution >= 4 is 18.3 Å². The molecule has 0 atom stereocenters. The molecule has 1 radical (unpaired) electrons. The predicted octanol–water partition coefficient (Wildman–Crippen LogP) is -0.368. The van der Waals surface area contributed by atoms with Gasteiger partial charge in [0.15, 0.2) is 18.3 Å². The zero-order valence-electron chi connectivity index (χ0n) is 25.6. The third-order valence-corrected chi connectivity index (χ3v) is 9.18. The summed E-state index contributed by atoms with van der Waals surface area (Å²) in [5.41, 5.74) is 1.01. The van der Waals surface area contributed by atoms with Crippen molar-refractivity contribution in [2.24, 2.45) is 27.1 Å². The third kappa shape index (κ3) is 16.1. The van der Waals surface area contributed by atoms with E-state index in [0.29, 0.717) is 0 Å². The van der Waals surface area contributed by atoms with Crippen LogP contribution in [0.1, 0.15) is 55.4 Å². The number of hydrogen-bond donors (Lipinski definition) is 6. The van der Waals surface area contributed by atoms with E-state index in [1.807, 2.05) is 0 Å². The van der Waals surface area contributed by atoms with Crippen molar-refractivity contribution in [3.63, 3.8) is 0 Å². The van der Waals surface area contributed by atoms with Gasteiger partial charge >= 0.3 is 17.1 Å². The molecule has 0 aromatic heterocycles. The van der Waals surface area contributed by atoms with E-state index < -0.39 is 18.3 Å². The van der Waals surface area contributed by atoms with Crippen molar-refractivity contribution in [1.82, 2.24) is 31.9 Å². The van der Waals surface area contributed by atoms with Gasteiger partial charge in [-0.15, -0.1) is 0 Å². The van der Waals surface area contributed by atoms with Gasteiger partial charge in [0.05, 0.1) is 0 Å². The molecular weight excluding hydrogens is 608 g/mol. The largest absolute Gasteiger partial charge is 2.00 e. The average Bonchev–Trinajstić information content (AvgIpc) is 2.70.